The normalized spacial score (nSPS) is 10.1. The van der Waals surface area contributed by atoms with Gasteiger partial charge in [-0.05, 0) is 42.1 Å². The highest BCUT2D eigenvalue weighted by Gasteiger charge is 2.16. The van der Waals surface area contributed by atoms with Crippen LogP contribution in [0.25, 0.3) is 0 Å². The highest BCUT2D eigenvalue weighted by Crippen LogP contribution is 2.18. The molecule has 80 valence electrons. The van der Waals surface area contributed by atoms with E-state index in [0.29, 0.717) is 18.4 Å². The largest absolute Gasteiger partial charge is 0.275 e. The summed E-state index contributed by atoms with van der Waals surface area (Å²) in [7, 11) is 0. The summed E-state index contributed by atoms with van der Waals surface area (Å²) >= 11 is 5.04. The number of hydrogen-bond donors (Lipinski definition) is 0. The maximum Gasteiger partial charge on any atom is 0.258 e. The highest BCUT2D eigenvalue weighted by molar-refractivity contribution is 6.67. The van der Waals surface area contributed by atoms with Gasteiger partial charge in [-0.2, -0.15) is 0 Å². The van der Waals surface area contributed by atoms with Crippen LogP contribution >= 0.6 is 11.6 Å². The predicted octanol–water partition coefficient (Wildman–Crippen LogP) is 3.46. The summed E-state index contributed by atoms with van der Waals surface area (Å²) in [5, 5.41) is -1.12. The van der Waals surface area contributed by atoms with Gasteiger partial charge in [0.25, 0.3) is 5.24 Å². The molecule has 0 aliphatic heterocycles. The van der Waals surface area contributed by atoms with Gasteiger partial charge >= 0.3 is 0 Å². The zero-order chi connectivity index (χ0) is 11.4. The first-order valence-corrected chi connectivity index (χ1v) is 4.72. The molecule has 0 saturated heterocycles. The first-order chi connectivity index (χ1) is 7.06. The Labute approximate surface area is 91.4 Å². The van der Waals surface area contributed by atoms with Crippen molar-refractivity contribution in [1.29, 1.82) is 0 Å². The van der Waals surface area contributed by atoms with E-state index in [1.54, 1.807) is 6.08 Å². The molecule has 0 aliphatic carbocycles. The molecule has 1 aromatic rings. The Hall–Kier alpha value is -1.22. The Bertz CT molecular complexity index is 379. The number of hydrogen-bond acceptors (Lipinski definition) is 1. The van der Waals surface area contributed by atoms with Gasteiger partial charge in [0.1, 0.15) is 17.2 Å². The van der Waals surface area contributed by atoms with Gasteiger partial charge in [-0.3, -0.25) is 4.79 Å². The molecule has 1 rings (SSSR count). The van der Waals surface area contributed by atoms with Crippen LogP contribution in [0.15, 0.2) is 24.8 Å². The second kappa shape index (κ2) is 5.03. The summed E-state index contributed by atoms with van der Waals surface area (Å²) in [4.78, 5) is 10.7. The number of rotatable bonds is 4. The SMILES string of the molecule is C=CCCc1cc(F)c(C(=O)Cl)c(F)c1. The van der Waals surface area contributed by atoms with E-state index < -0.39 is 22.4 Å². The topological polar surface area (TPSA) is 17.1 Å². The lowest BCUT2D eigenvalue weighted by Crippen LogP contribution is -2.01. The molecule has 0 atom stereocenters. The highest BCUT2D eigenvalue weighted by atomic mass is 35.5. The van der Waals surface area contributed by atoms with Crippen molar-refractivity contribution in [2.75, 3.05) is 0 Å². The lowest BCUT2D eigenvalue weighted by atomic mass is 10.1. The van der Waals surface area contributed by atoms with Crippen LogP contribution in [0, 0.1) is 11.6 Å². The average molecular weight is 231 g/mol. The maximum atomic E-state index is 13.2. The molecular formula is C11H9ClF2O. The lowest BCUT2D eigenvalue weighted by molar-refractivity contribution is 0.107. The van der Waals surface area contributed by atoms with Gasteiger partial charge in [0.2, 0.25) is 0 Å². The fourth-order valence-electron chi connectivity index (χ4n) is 1.23. The molecule has 0 N–H and O–H groups in total. The minimum Gasteiger partial charge on any atom is -0.275 e. The summed E-state index contributed by atoms with van der Waals surface area (Å²) in [6.45, 7) is 3.50. The summed E-state index contributed by atoms with van der Waals surface area (Å²) in [6, 6.07) is 2.23. The Morgan fingerprint density at radius 3 is 2.33 bits per heavy atom. The van der Waals surface area contributed by atoms with E-state index in [1.807, 2.05) is 0 Å². The standard InChI is InChI=1S/C11H9ClF2O/c1-2-3-4-7-5-8(13)10(11(12)15)9(14)6-7/h2,5-6H,1,3-4H2. The van der Waals surface area contributed by atoms with Crippen molar-refractivity contribution < 1.29 is 13.6 Å². The molecule has 0 unspecified atom stereocenters. The van der Waals surface area contributed by atoms with Crippen LogP contribution < -0.4 is 0 Å². The van der Waals surface area contributed by atoms with E-state index >= 15 is 0 Å². The smallest absolute Gasteiger partial charge is 0.258 e. The molecule has 0 saturated carbocycles. The minimum atomic E-state index is -1.12. The van der Waals surface area contributed by atoms with Gasteiger partial charge < -0.3 is 0 Å². The Morgan fingerprint density at radius 1 is 1.40 bits per heavy atom. The second-order valence-corrected chi connectivity index (χ2v) is 3.38. The van der Waals surface area contributed by atoms with Crippen LogP contribution in [0.2, 0.25) is 0 Å². The van der Waals surface area contributed by atoms with Crippen molar-refractivity contribution in [1.82, 2.24) is 0 Å². The first-order valence-electron chi connectivity index (χ1n) is 4.35. The number of carbonyl (C=O) groups is 1. The number of carbonyl (C=O) groups excluding carboxylic acids is 1. The molecule has 1 nitrogen and oxygen atoms in total. The first kappa shape index (κ1) is 11.9. The number of halogens is 3. The van der Waals surface area contributed by atoms with Gasteiger partial charge in [0, 0.05) is 0 Å². The lowest BCUT2D eigenvalue weighted by Gasteiger charge is -2.03. The number of aryl methyl sites for hydroxylation is 1. The Kier molecular flexibility index (Phi) is 3.97. The summed E-state index contributed by atoms with van der Waals surface area (Å²) in [5.74, 6) is -1.84. The van der Waals surface area contributed by atoms with E-state index in [0.717, 1.165) is 12.1 Å². The third-order valence-corrected chi connectivity index (χ3v) is 2.12. The molecule has 15 heavy (non-hydrogen) atoms. The monoisotopic (exact) mass is 230 g/mol. The third-order valence-electron chi connectivity index (χ3n) is 1.94. The van der Waals surface area contributed by atoms with Gasteiger partial charge in [0.15, 0.2) is 0 Å². The second-order valence-electron chi connectivity index (χ2n) is 3.04. The van der Waals surface area contributed by atoms with Crippen LogP contribution in [-0.2, 0) is 6.42 Å². The molecule has 0 fully saturated rings. The van der Waals surface area contributed by atoms with Crippen LogP contribution in [0.1, 0.15) is 22.3 Å². The van der Waals surface area contributed by atoms with E-state index in [1.165, 1.54) is 0 Å². The van der Waals surface area contributed by atoms with Gasteiger partial charge in [-0.1, -0.05) is 6.08 Å². The quantitative estimate of drug-likeness (QED) is 0.572. The van der Waals surface area contributed by atoms with Crippen molar-refractivity contribution in [3.63, 3.8) is 0 Å². The van der Waals surface area contributed by atoms with E-state index in [2.05, 4.69) is 6.58 Å². The van der Waals surface area contributed by atoms with Crippen LogP contribution in [0.3, 0.4) is 0 Å². The minimum absolute atomic E-state index is 0.478. The summed E-state index contributed by atoms with van der Waals surface area (Å²) in [6.07, 6.45) is 2.75. The zero-order valence-corrected chi connectivity index (χ0v) is 8.65. The zero-order valence-electron chi connectivity index (χ0n) is 7.90. The van der Waals surface area contributed by atoms with Crippen molar-refractivity contribution in [2.24, 2.45) is 0 Å². The molecular weight excluding hydrogens is 222 g/mol. The molecule has 0 radical (unpaired) electrons. The van der Waals surface area contributed by atoms with Crippen LogP contribution in [0.5, 0.6) is 0 Å². The number of benzene rings is 1. The van der Waals surface area contributed by atoms with E-state index in [-0.39, 0.29) is 0 Å². The maximum absolute atomic E-state index is 13.2. The molecule has 0 spiro atoms. The molecule has 4 heteroatoms. The number of allylic oxidation sites excluding steroid dienone is 1. The molecule has 1 aromatic carbocycles. The van der Waals surface area contributed by atoms with E-state index in [4.69, 9.17) is 11.6 Å². The molecule has 0 heterocycles. The molecule has 0 aromatic heterocycles. The fraction of sp³-hybridized carbons (Fsp3) is 0.182. The van der Waals surface area contributed by atoms with Crippen LogP contribution in [0.4, 0.5) is 8.78 Å². The van der Waals surface area contributed by atoms with Gasteiger partial charge in [0.05, 0.1) is 0 Å². The molecule has 0 bridgehead atoms. The van der Waals surface area contributed by atoms with Crippen molar-refractivity contribution >= 4 is 16.8 Å². The Balaban J connectivity index is 3.07. The van der Waals surface area contributed by atoms with Crippen molar-refractivity contribution in [2.45, 2.75) is 12.8 Å². The summed E-state index contributed by atoms with van der Waals surface area (Å²) in [5.41, 5.74) is -0.217. The fourth-order valence-corrected chi connectivity index (χ4v) is 1.41. The van der Waals surface area contributed by atoms with Gasteiger partial charge in [-0.25, -0.2) is 8.78 Å². The van der Waals surface area contributed by atoms with E-state index in [9.17, 15) is 13.6 Å². The molecule has 0 aliphatic rings. The van der Waals surface area contributed by atoms with Crippen LogP contribution in [-0.4, -0.2) is 5.24 Å². The summed E-state index contributed by atoms with van der Waals surface area (Å²) < 4.78 is 26.4. The predicted molar refractivity (Wildman–Crippen MR) is 55.1 cm³/mol. The average Bonchev–Trinajstić information content (AvgIpc) is 2.12. The van der Waals surface area contributed by atoms with Crippen molar-refractivity contribution in [3.8, 4) is 0 Å². The third kappa shape index (κ3) is 2.86. The molecule has 0 amide bonds. The van der Waals surface area contributed by atoms with Gasteiger partial charge in [-0.15, -0.1) is 6.58 Å². The van der Waals surface area contributed by atoms with Crippen molar-refractivity contribution in [3.05, 3.63) is 47.5 Å². The Morgan fingerprint density at radius 2 is 1.93 bits per heavy atom.